The smallest absolute Gasteiger partial charge is 0.338 e. The summed E-state index contributed by atoms with van der Waals surface area (Å²) >= 11 is 0. The maximum absolute atomic E-state index is 16.0. The molecule has 3 aromatic carbocycles. The molecule has 21 nitrogen and oxygen atoms in total. The summed E-state index contributed by atoms with van der Waals surface area (Å²) < 4.78 is 41.5. The second-order valence-electron chi connectivity index (χ2n) is 20.2. The van der Waals surface area contributed by atoms with Crippen LogP contribution >= 0.6 is 0 Å². The van der Waals surface area contributed by atoms with Gasteiger partial charge in [0.15, 0.2) is 29.9 Å². The highest BCUT2D eigenvalue weighted by molar-refractivity contribution is 5.96. The first-order chi connectivity index (χ1) is 35.0. The molecule has 74 heavy (non-hydrogen) atoms. The van der Waals surface area contributed by atoms with Gasteiger partial charge in [-0.05, 0) is 54.8 Å². The van der Waals surface area contributed by atoms with E-state index in [1.54, 1.807) is 66.7 Å². The maximum Gasteiger partial charge on any atom is 0.338 e. The SMILES string of the molecule is CC(=O)O[C@@]12CO[C@@H]1C[C@H](O)[C@@]1(C)C(=O)[C@H](OC(=O)CO[C@@H]3O[C@H](CO)[C@@H](O)[C@H](O)[C@H]3O)C3=C(C)[C@@H](OC(=O)[C@H](O)[C@@H](NC(=O)c4ccccc4)c4ccccc4)C[C@@](O)([C@@H](OC(=O)c4ccccc4)[C@H]21)C3(C)C. The lowest BCUT2D eigenvalue weighted by Gasteiger charge is -2.67. The first-order valence-electron chi connectivity index (χ1n) is 24.2. The highest BCUT2D eigenvalue weighted by Crippen LogP contribution is 2.64. The third-order valence-electron chi connectivity index (χ3n) is 15.7. The largest absolute Gasteiger partial charge is 0.456 e. The molecule has 1 amide bonds. The molecule has 2 saturated carbocycles. The summed E-state index contributed by atoms with van der Waals surface area (Å²) in [7, 11) is 0. The van der Waals surface area contributed by atoms with Crippen LogP contribution in [-0.2, 0) is 52.3 Å². The van der Waals surface area contributed by atoms with Crippen LogP contribution in [0.3, 0.4) is 0 Å². The summed E-state index contributed by atoms with van der Waals surface area (Å²) in [6.45, 7) is 4.38. The van der Waals surface area contributed by atoms with Crippen LogP contribution in [0.15, 0.2) is 102 Å². The van der Waals surface area contributed by atoms with Gasteiger partial charge in [0.25, 0.3) is 5.91 Å². The molecular formula is C53H61NO20. The molecule has 2 saturated heterocycles. The number of hydrogen-bond acceptors (Lipinski definition) is 20. The van der Waals surface area contributed by atoms with Crippen molar-refractivity contribution < 1.29 is 97.7 Å². The van der Waals surface area contributed by atoms with Crippen LogP contribution < -0.4 is 5.32 Å². The number of esters is 4. The van der Waals surface area contributed by atoms with E-state index in [1.807, 2.05) is 0 Å². The fraction of sp³-hybridized carbons (Fsp3) is 0.509. The molecule has 0 spiro atoms. The Balaban J connectivity index is 1.26. The second kappa shape index (κ2) is 21.0. The van der Waals surface area contributed by atoms with Gasteiger partial charge in [0, 0.05) is 30.7 Å². The van der Waals surface area contributed by atoms with Crippen LogP contribution in [0.1, 0.15) is 79.8 Å². The van der Waals surface area contributed by atoms with Crippen LogP contribution in [-0.4, -0.2) is 170 Å². The predicted molar refractivity (Wildman–Crippen MR) is 252 cm³/mol. The Bertz CT molecular complexity index is 2630. The normalized spacial score (nSPS) is 34.9. The van der Waals surface area contributed by atoms with Crippen molar-refractivity contribution in [3.05, 3.63) is 119 Å². The molecule has 0 radical (unpaired) electrons. The summed E-state index contributed by atoms with van der Waals surface area (Å²) in [6, 6.07) is 22.2. The van der Waals surface area contributed by atoms with E-state index < -0.39 is 163 Å². The number of carbonyl (C=O) groups is 6. The van der Waals surface area contributed by atoms with Gasteiger partial charge < -0.3 is 74.2 Å². The number of Topliss-reactive ketones (excluding diaryl/α,β-unsaturated/α-hetero) is 1. The zero-order chi connectivity index (χ0) is 53.7. The number of carbonyl (C=O) groups excluding carboxylic acids is 6. The fourth-order valence-electron chi connectivity index (χ4n) is 11.5. The highest BCUT2D eigenvalue weighted by atomic mass is 16.7. The molecule has 0 unspecified atom stereocenters. The Morgan fingerprint density at radius 1 is 0.824 bits per heavy atom. The number of ether oxygens (including phenoxy) is 7. The molecule has 8 N–H and O–H groups in total. The monoisotopic (exact) mass is 1030 g/mol. The number of nitrogens with one attached hydrogen (secondary N) is 1. The lowest BCUT2D eigenvalue weighted by Crippen LogP contribution is -2.82. The number of ketones is 1. The quantitative estimate of drug-likeness (QED) is 0.0620. The van der Waals surface area contributed by atoms with Gasteiger partial charge >= 0.3 is 23.9 Å². The van der Waals surface area contributed by atoms with Crippen molar-refractivity contribution in [2.24, 2.45) is 16.7 Å². The van der Waals surface area contributed by atoms with Gasteiger partial charge in [0.05, 0.1) is 42.3 Å². The first kappa shape index (κ1) is 54.3. The van der Waals surface area contributed by atoms with Gasteiger partial charge in [0.2, 0.25) is 0 Å². The summed E-state index contributed by atoms with van der Waals surface area (Å²) in [5.41, 5.74) is -8.36. The molecule has 16 atom stereocenters. The summed E-state index contributed by atoms with van der Waals surface area (Å²) in [5.74, 6) is -7.98. The Morgan fingerprint density at radius 3 is 2.01 bits per heavy atom. The third-order valence-corrected chi connectivity index (χ3v) is 15.7. The van der Waals surface area contributed by atoms with Crippen molar-refractivity contribution in [3.8, 4) is 0 Å². The molecule has 2 aliphatic heterocycles. The fourth-order valence-corrected chi connectivity index (χ4v) is 11.5. The van der Waals surface area contributed by atoms with Crippen molar-refractivity contribution in [2.75, 3.05) is 19.8 Å². The van der Waals surface area contributed by atoms with E-state index >= 15 is 4.79 Å². The van der Waals surface area contributed by atoms with Crippen molar-refractivity contribution in [3.63, 3.8) is 0 Å². The number of benzene rings is 3. The van der Waals surface area contributed by atoms with Crippen LogP contribution in [0.2, 0.25) is 0 Å². The number of fused-ring (bicyclic) bond motifs is 5. The molecule has 8 rings (SSSR count). The minimum atomic E-state index is -2.57. The number of aliphatic hydroxyl groups excluding tert-OH is 6. The van der Waals surface area contributed by atoms with Gasteiger partial charge in [-0.1, -0.05) is 80.6 Å². The van der Waals surface area contributed by atoms with E-state index in [2.05, 4.69) is 5.32 Å². The van der Waals surface area contributed by atoms with Gasteiger partial charge in [0.1, 0.15) is 54.9 Å². The van der Waals surface area contributed by atoms with Crippen molar-refractivity contribution in [2.45, 2.75) is 132 Å². The summed E-state index contributed by atoms with van der Waals surface area (Å²) in [6.07, 6.45) is -20.7. The zero-order valence-electron chi connectivity index (χ0n) is 41.1. The van der Waals surface area contributed by atoms with Crippen LogP contribution in [0, 0.1) is 16.7 Å². The van der Waals surface area contributed by atoms with Crippen LogP contribution in [0.25, 0.3) is 0 Å². The molecule has 398 valence electrons. The Morgan fingerprint density at radius 2 is 1.43 bits per heavy atom. The molecule has 21 heteroatoms. The standard InChI is InChI=1S/C53H61NO20/c1-26-31(70-48(66)39(60)37(28-15-9-6-10-16-28)54-46(64)29-17-11-7-12-18-29)22-53(67)45(73-47(65)30-19-13-8-14-20-30)43-51(5,33(57)21-34-52(43,25-69-34)74-27(2)56)44(63)42(36(26)50(53,3)4)72-35(58)24-68-49-41(62)40(61)38(59)32(23-55)71-49/h6-20,31-34,37-43,45,49,55,57,59-62,67H,21-25H2,1-5H3,(H,54,64)/t31-,32+,33-,34+,37-,38+,39+,40-,41+,42+,43-,45-,49+,51+,52-,53+/m0/s1. The second-order valence-corrected chi connectivity index (χ2v) is 20.2. The van der Waals surface area contributed by atoms with Gasteiger partial charge in [-0.2, -0.15) is 0 Å². The van der Waals surface area contributed by atoms with E-state index in [9.17, 15) is 59.7 Å². The number of amides is 1. The van der Waals surface area contributed by atoms with E-state index in [1.165, 1.54) is 52.0 Å². The molecule has 2 heterocycles. The van der Waals surface area contributed by atoms with E-state index in [-0.39, 0.29) is 28.7 Å². The van der Waals surface area contributed by atoms with Gasteiger partial charge in [-0.15, -0.1) is 0 Å². The van der Waals surface area contributed by atoms with Gasteiger partial charge in [-0.3, -0.25) is 14.4 Å². The van der Waals surface area contributed by atoms with Crippen molar-refractivity contribution in [1.29, 1.82) is 0 Å². The lowest BCUT2D eigenvalue weighted by atomic mass is 9.44. The average molecular weight is 1030 g/mol. The average Bonchev–Trinajstić information content (AvgIpc) is 3.38. The molecule has 5 aliphatic rings. The van der Waals surface area contributed by atoms with E-state index in [0.29, 0.717) is 5.56 Å². The maximum atomic E-state index is 16.0. The lowest BCUT2D eigenvalue weighted by molar-refractivity contribution is -0.346. The summed E-state index contributed by atoms with van der Waals surface area (Å²) in [4.78, 5) is 86.0. The summed E-state index contributed by atoms with van der Waals surface area (Å²) in [5, 5.41) is 82.0. The number of aliphatic hydroxyl groups is 7. The van der Waals surface area contributed by atoms with E-state index in [4.69, 9.17) is 33.2 Å². The number of hydrogen-bond donors (Lipinski definition) is 8. The minimum absolute atomic E-state index is 0.00541. The van der Waals surface area contributed by atoms with Gasteiger partial charge in [-0.25, -0.2) is 14.4 Å². The van der Waals surface area contributed by atoms with E-state index in [0.717, 1.165) is 6.92 Å². The molecule has 3 aromatic rings. The topological polar surface area (TPSA) is 321 Å². The van der Waals surface area contributed by atoms with Crippen LogP contribution in [0.4, 0.5) is 0 Å². The Kier molecular flexibility index (Phi) is 15.4. The van der Waals surface area contributed by atoms with Crippen molar-refractivity contribution in [1.82, 2.24) is 5.32 Å². The van der Waals surface area contributed by atoms with Crippen LogP contribution in [0.5, 0.6) is 0 Å². The first-order valence-corrected chi connectivity index (χ1v) is 24.2. The molecule has 3 aliphatic carbocycles. The predicted octanol–water partition coefficient (Wildman–Crippen LogP) is 0.532. The molecule has 2 bridgehead atoms. The highest BCUT2D eigenvalue weighted by Gasteiger charge is 2.78. The molecule has 4 fully saturated rings. The molecular weight excluding hydrogens is 971 g/mol. The Labute approximate surface area is 424 Å². The van der Waals surface area contributed by atoms with Crippen molar-refractivity contribution >= 4 is 35.6 Å². The minimum Gasteiger partial charge on any atom is -0.456 e. The molecule has 0 aromatic heterocycles. The zero-order valence-corrected chi connectivity index (χ0v) is 41.1. The Hall–Kier alpha value is -5.98. The number of rotatable bonds is 14. The third kappa shape index (κ3) is 9.43.